The van der Waals surface area contributed by atoms with Gasteiger partial charge in [-0.25, -0.2) is 4.68 Å². The van der Waals surface area contributed by atoms with E-state index >= 15 is 0 Å². The van der Waals surface area contributed by atoms with E-state index in [1.807, 2.05) is 28.8 Å². The monoisotopic (exact) mass is 243 g/mol. The molecular weight excluding hydrogens is 234 g/mol. The van der Waals surface area contributed by atoms with Gasteiger partial charge in [-0.05, 0) is 24.4 Å². The molecule has 0 saturated carbocycles. The molecule has 0 fully saturated rings. The predicted octanol–water partition coefficient (Wildman–Crippen LogP) is 1.65. The fourth-order valence-corrected chi connectivity index (χ4v) is 2.83. The number of nitrogens with zero attached hydrogens (tertiary/aromatic N) is 3. The molecule has 0 atom stereocenters. The van der Waals surface area contributed by atoms with Crippen molar-refractivity contribution in [2.24, 2.45) is 0 Å². The molecule has 0 unspecified atom stereocenters. The minimum atomic E-state index is -0.142. The molecule has 3 rings (SSSR count). The van der Waals surface area contributed by atoms with E-state index in [0.717, 1.165) is 16.0 Å². The van der Waals surface area contributed by atoms with Gasteiger partial charge < -0.3 is 0 Å². The predicted molar refractivity (Wildman–Crippen MR) is 68.4 cm³/mol. The Morgan fingerprint density at radius 2 is 2.35 bits per heavy atom. The fourth-order valence-electron chi connectivity index (χ4n) is 2.02. The van der Waals surface area contributed by atoms with Crippen molar-refractivity contribution >= 4 is 27.1 Å². The van der Waals surface area contributed by atoms with Crippen molar-refractivity contribution in [1.29, 1.82) is 0 Å². The molecule has 0 aliphatic carbocycles. The summed E-state index contributed by atoms with van der Waals surface area (Å²) in [7, 11) is 0. The van der Waals surface area contributed by atoms with Crippen molar-refractivity contribution in [3.63, 3.8) is 0 Å². The molecule has 0 aliphatic rings. The van der Waals surface area contributed by atoms with Crippen molar-refractivity contribution in [2.45, 2.75) is 13.5 Å². The molecule has 0 N–H and O–H groups in total. The van der Waals surface area contributed by atoms with E-state index in [2.05, 4.69) is 11.0 Å². The van der Waals surface area contributed by atoms with Crippen molar-refractivity contribution in [2.75, 3.05) is 0 Å². The largest absolute Gasteiger partial charge is 0.292 e. The lowest BCUT2D eigenvalue weighted by Gasteiger charge is -2.05. The number of hydrogen-bond acceptors (Lipinski definition) is 3. The Bertz CT molecular complexity index is 816. The Morgan fingerprint density at radius 3 is 3.12 bits per heavy atom. The van der Waals surface area contributed by atoms with Gasteiger partial charge in [0.25, 0.3) is 5.56 Å². The summed E-state index contributed by atoms with van der Waals surface area (Å²) < 4.78 is 4.29. The van der Waals surface area contributed by atoms with E-state index in [0.29, 0.717) is 5.52 Å². The number of hydrogen-bond donors (Lipinski definition) is 0. The molecule has 0 aliphatic heterocycles. The zero-order valence-electron chi connectivity index (χ0n) is 9.17. The highest BCUT2D eigenvalue weighted by Crippen LogP contribution is 2.24. The van der Waals surface area contributed by atoms with Gasteiger partial charge in [-0.15, -0.1) is 17.8 Å². The van der Waals surface area contributed by atoms with Gasteiger partial charge in [-0.2, -0.15) is 5.10 Å². The molecule has 0 spiro atoms. The average Bonchev–Trinajstić information content (AvgIpc) is 2.84. The summed E-state index contributed by atoms with van der Waals surface area (Å²) in [5.74, 6) is 3.21. The van der Waals surface area contributed by atoms with Crippen LogP contribution in [-0.2, 0) is 6.54 Å². The third-order valence-corrected chi connectivity index (χ3v) is 3.56. The third-order valence-electron chi connectivity index (χ3n) is 2.71. The Morgan fingerprint density at radius 1 is 1.53 bits per heavy atom. The summed E-state index contributed by atoms with van der Waals surface area (Å²) in [6.45, 7) is 2.07. The van der Waals surface area contributed by atoms with Crippen LogP contribution in [0.2, 0.25) is 0 Å². The Balaban J connectivity index is 2.52. The second kappa shape index (κ2) is 3.47. The van der Waals surface area contributed by atoms with Gasteiger partial charge in [-0.3, -0.25) is 9.20 Å². The van der Waals surface area contributed by atoms with Gasteiger partial charge in [0.2, 0.25) is 0 Å². The Labute approximate surface area is 101 Å². The second-order valence-electron chi connectivity index (χ2n) is 3.75. The van der Waals surface area contributed by atoms with Crippen LogP contribution in [0.1, 0.15) is 5.82 Å². The molecule has 0 aromatic carbocycles. The van der Waals surface area contributed by atoms with E-state index in [1.54, 1.807) is 11.3 Å². The summed E-state index contributed by atoms with van der Waals surface area (Å²) in [6.07, 6.45) is 5.22. The maximum atomic E-state index is 12.1. The number of fused-ring (bicyclic) bond motifs is 3. The number of thiophene rings is 1. The third kappa shape index (κ3) is 1.31. The van der Waals surface area contributed by atoms with Crippen LogP contribution in [-0.4, -0.2) is 14.2 Å². The minimum Gasteiger partial charge on any atom is -0.291 e. The lowest BCUT2D eigenvalue weighted by molar-refractivity contribution is 0.635. The molecule has 0 amide bonds. The molecular formula is C12H9N3OS. The molecule has 3 heterocycles. The standard InChI is InChI=1S/C12H9N3OS/c1-3-5-14-12(16)10-7-11-9(4-6-17-11)15(10)8(2)13-14/h1,4,6-7H,5H2,2H3. The van der Waals surface area contributed by atoms with Crippen molar-refractivity contribution in [1.82, 2.24) is 14.2 Å². The Hall–Kier alpha value is -2.06. The van der Waals surface area contributed by atoms with E-state index in [1.165, 1.54) is 4.68 Å². The number of aromatic nitrogens is 3. The SMILES string of the molecule is C#CCn1nc(C)n2c(cc3sccc32)c1=O. The van der Waals surface area contributed by atoms with E-state index in [9.17, 15) is 4.79 Å². The molecule has 84 valence electrons. The molecule has 3 aromatic rings. The highest BCUT2D eigenvalue weighted by atomic mass is 32.1. The van der Waals surface area contributed by atoms with Crippen LogP contribution in [0.4, 0.5) is 0 Å². The summed E-state index contributed by atoms with van der Waals surface area (Å²) in [4.78, 5) is 12.1. The molecule has 17 heavy (non-hydrogen) atoms. The first-order valence-electron chi connectivity index (χ1n) is 5.12. The molecule has 3 aromatic heterocycles. The number of terminal acetylenes is 1. The van der Waals surface area contributed by atoms with Crippen LogP contribution < -0.4 is 5.56 Å². The van der Waals surface area contributed by atoms with Gasteiger partial charge in [0.15, 0.2) is 0 Å². The maximum absolute atomic E-state index is 12.1. The first kappa shape index (κ1) is 10.1. The second-order valence-corrected chi connectivity index (χ2v) is 4.70. The van der Waals surface area contributed by atoms with E-state index in [4.69, 9.17) is 6.42 Å². The first-order chi connectivity index (χ1) is 8.22. The topological polar surface area (TPSA) is 39.3 Å². The van der Waals surface area contributed by atoms with Gasteiger partial charge >= 0.3 is 0 Å². The maximum Gasteiger partial charge on any atom is 0.292 e. The summed E-state index contributed by atoms with van der Waals surface area (Å²) in [6, 6.07) is 3.89. The highest BCUT2D eigenvalue weighted by Gasteiger charge is 2.11. The first-order valence-corrected chi connectivity index (χ1v) is 6.00. The highest BCUT2D eigenvalue weighted by molar-refractivity contribution is 7.17. The summed E-state index contributed by atoms with van der Waals surface area (Å²) >= 11 is 1.61. The van der Waals surface area contributed by atoms with Crippen molar-refractivity contribution < 1.29 is 0 Å². The van der Waals surface area contributed by atoms with Gasteiger partial charge in [-0.1, -0.05) is 5.92 Å². The number of rotatable bonds is 1. The normalized spacial score (nSPS) is 11.1. The minimum absolute atomic E-state index is 0.142. The van der Waals surface area contributed by atoms with Gasteiger partial charge in [0.05, 0.1) is 10.2 Å². The van der Waals surface area contributed by atoms with Crippen molar-refractivity contribution in [3.05, 3.63) is 33.7 Å². The lowest BCUT2D eigenvalue weighted by atomic mass is 10.5. The van der Waals surface area contributed by atoms with Gasteiger partial charge in [0.1, 0.15) is 17.9 Å². The molecule has 0 saturated heterocycles. The van der Waals surface area contributed by atoms with Crippen LogP contribution >= 0.6 is 11.3 Å². The molecule has 5 heteroatoms. The van der Waals surface area contributed by atoms with Crippen molar-refractivity contribution in [3.8, 4) is 12.3 Å². The van der Waals surface area contributed by atoms with Crippen LogP contribution in [0.25, 0.3) is 15.7 Å². The zero-order valence-corrected chi connectivity index (χ0v) is 9.99. The Kier molecular flexibility index (Phi) is 2.06. The smallest absolute Gasteiger partial charge is 0.291 e. The average molecular weight is 243 g/mol. The van der Waals surface area contributed by atoms with E-state index in [-0.39, 0.29) is 12.1 Å². The van der Waals surface area contributed by atoms with Crippen LogP contribution in [0.3, 0.4) is 0 Å². The fraction of sp³-hybridized carbons (Fsp3) is 0.167. The van der Waals surface area contributed by atoms with Gasteiger partial charge in [0, 0.05) is 0 Å². The van der Waals surface area contributed by atoms with E-state index < -0.39 is 0 Å². The number of aryl methyl sites for hydroxylation is 1. The zero-order chi connectivity index (χ0) is 12.0. The lowest BCUT2D eigenvalue weighted by Crippen LogP contribution is -2.25. The molecule has 0 radical (unpaired) electrons. The van der Waals surface area contributed by atoms with Crippen LogP contribution in [0, 0.1) is 19.3 Å². The van der Waals surface area contributed by atoms with Crippen LogP contribution in [0.5, 0.6) is 0 Å². The summed E-state index contributed by atoms with van der Waals surface area (Å²) in [5, 5.41) is 6.23. The molecule has 0 bridgehead atoms. The van der Waals surface area contributed by atoms with Crippen LogP contribution in [0.15, 0.2) is 22.3 Å². The summed E-state index contributed by atoms with van der Waals surface area (Å²) in [5.41, 5.74) is 1.52. The molecule has 4 nitrogen and oxygen atoms in total. The quantitative estimate of drug-likeness (QED) is 0.610.